The molecule has 0 atom stereocenters. The minimum Gasteiger partial charge on any atom is -0.366 e. The van der Waals surface area contributed by atoms with Gasteiger partial charge in [0.05, 0.1) is 0 Å². The maximum absolute atomic E-state index is 13.4. The number of hydrogen-bond donors (Lipinski definition) is 1. The van der Waals surface area contributed by atoms with Gasteiger partial charge in [0.15, 0.2) is 0 Å². The Balaban J connectivity index is 5.29. The van der Waals surface area contributed by atoms with E-state index in [1.165, 1.54) is 12.2 Å². The molecule has 0 heterocycles. The minimum atomic E-state index is -0.555. The molecular weight excluding hydrogens is 217 g/mol. The number of hydrogen-bond acceptors (Lipinski definition) is 1. The Morgan fingerprint density at radius 3 is 2.47 bits per heavy atom. The van der Waals surface area contributed by atoms with Gasteiger partial charge in [-0.3, -0.25) is 4.79 Å². The molecule has 0 spiro atoms. The first-order valence-electron chi connectivity index (χ1n) is 5.75. The quantitative estimate of drug-likeness (QED) is 0.534. The predicted octanol–water partition coefficient (Wildman–Crippen LogP) is 3.57. The summed E-state index contributed by atoms with van der Waals surface area (Å²) >= 11 is 0. The topological polar surface area (TPSA) is 43.1 Å². The summed E-state index contributed by atoms with van der Waals surface area (Å²) in [6.07, 6.45) is 7.86. The van der Waals surface area contributed by atoms with Crippen LogP contribution < -0.4 is 5.73 Å². The van der Waals surface area contributed by atoms with Crippen LogP contribution in [0.3, 0.4) is 0 Å². The van der Waals surface area contributed by atoms with Crippen molar-refractivity contribution < 1.29 is 9.18 Å². The lowest BCUT2D eigenvalue weighted by Gasteiger charge is -2.05. The molecular formula is C14H20FNO. The summed E-state index contributed by atoms with van der Waals surface area (Å²) in [7, 11) is 0. The summed E-state index contributed by atoms with van der Waals surface area (Å²) in [5.74, 6) is -0.815. The Morgan fingerprint density at radius 2 is 2.06 bits per heavy atom. The van der Waals surface area contributed by atoms with Crippen LogP contribution in [-0.2, 0) is 4.79 Å². The number of allylic oxidation sites excluding steroid dienone is 5. The molecule has 0 bridgehead atoms. The van der Waals surface area contributed by atoms with E-state index in [9.17, 15) is 9.18 Å². The number of carbonyl (C=O) groups excluding carboxylic acids is 1. The Labute approximate surface area is 102 Å². The molecule has 0 rings (SSSR count). The van der Waals surface area contributed by atoms with Crippen LogP contribution in [0.4, 0.5) is 4.39 Å². The van der Waals surface area contributed by atoms with Gasteiger partial charge < -0.3 is 5.73 Å². The van der Waals surface area contributed by atoms with Crippen molar-refractivity contribution in [3.63, 3.8) is 0 Å². The van der Waals surface area contributed by atoms with Gasteiger partial charge in [-0.1, -0.05) is 38.7 Å². The van der Waals surface area contributed by atoms with E-state index in [1.54, 1.807) is 12.2 Å². The second kappa shape index (κ2) is 8.50. The summed E-state index contributed by atoms with van der Waals surface area (Å²) in [5.41, 5.74) is 6.07. The van der Waals surface area contributed by atoms with Crippen molar-refractivity contribution in [1.29, 1.82) is 0 Å². The Hall–Kier alpha value is -1.64. The highest BCUT2D eigenvalue weighted by Gasteiger charge is 2.09. The number of rotatable bonds is 7. The highest BCUT2D eigenvalue weighted by Crippen LogP contribution is 2.17. The lowest BCUT2D eigenvalue weighted by Crippen LogP contribution is -2.15. The fourth-order valence-corrected chi connectivity index (χ4v) is 1.39. The summed E-state index contributed by atoms with van der Waals surface area (Å²) in [6.45, 7) is 7.33. The molecule has 0 aromatic carbocycles. The van der Waals surface area contributed by atoms with Crippen molar-refractivity contribution in [3.8, 4) is 0 Å². The molecule has 0 fully saturated rings. The zero-order valence-corrected chi connectivity index (χ0v) is 10.5. The van der Waals surface area contributed by atoms with Crippen molar-refractivity contribution in [2.45, 2.75) is 33.1 Å². The van der Waals surface area contributed by atoms with E-state index < -0.39 is 5.91 Å². The largest absolute Gasteiger partial charge is 0.366 e. The first-order chi connectivity index (χ1) is 8.06. The van der Waals surface area contributed by atoms with Crippen LogP contribution >= 0.6 is 0 Å². The third-order valence-electron chi connectivity index (χ3n) is 2.08. The first kappa shape index (κ1) is 15.4. The van der Waals surface area contributed by atoms with Crippen LogP contribution in [-0.4, -0.2) is 5.91 Å². The molecule has 0 aromatic heterocycles. The normalized spacial score (nSPS) is 13.7. The number of amides is 1. The van der Waals surface area contributed by atoms with Crippen LogP contribution in [0.15, 0.2) is 47.9 Å². The van der Waals surface area contributed by atoms with Gasteiger partial charge in [0.2, 0.25) is 5.91 Å². The molecule has 0 aliphatic carbocycles. The zero-order valence-electron chi connectivity index (χ0n) is 10.5. The maximum atomic E-state index is 13.4. The molecule has 0 aliphatic rings. The van der Waals surface area contributed by atoms with E-state index in [4.69, 9.17) is 5.73 Å². The van der Waals surface area contributed by atoms with E-state index in [1.807, 2.05) is 13.8 Å². The molecule has 0 unspecified atom stereocenters. The maximum Gasteiger partial charge on any atom is 0.248 e. The molecule has 0 aliphatic heterocycles. The second-order valence-corrected chi connectivity index (χ2v) is 3.59. The van der Waals surface area contributed by atoms with Crippen molar-refractivity contribution in [2.75, 3.05) is 0 Å². The number of carbonyl (C=O) groups is 1. The first-order valence-corrected chi connectivity index (χ1v) is 5.75. The highest BCUT2D eigenvalue weighted by molar-refractivity contribution is 5.97. The van der Waals surface area contributed by atoms with E-state index >= 15 is 0 Å². The van der Waals surface area contributed by atoms with Gasteiger partial charge in [0.1, 0.15) is 5.83 Å². The highest BCUT2D eigenvalue weighted by atomic mass is 19.1. The van der Waals surface area contributed by atoms with Gasteiger partial charge in [-0.25, -0.2) is 4.39 Å². The Morgan fingerprint density at radius 1 is 1.41 bits per heavy atom. The van der Waals surface area contributed by atoms with Crippen molar-refractivity contribution in [1.82, 2.24) is 0 Å². The molecule has 0 saturated heterocycles. The summed E-state index contributed by atoms with van der Waals surface area (Å²) in [4.78, 5) is 11.3. The molecule has 17 heavy (non-hydrogen) atoms. The van der Waals surface area contributed by atoms with Crippen molar-refractivity contribution >= 4 is 5.91 Å². The average Bonchev–Trinajstić information content (AvgIpc) is 2.25. The lowest BCUT2D eigenvalue weighted by molar-refractivity contribution is -0.114. The van der Waals surface area contributed by atoms with E-state index in [2.05, 4.69) is 6.58 Å². The molecule has 94 valence electrons. The van der Waals surface area contributed by atoms with Crippen LogP contribution in [0.1, 0.15) is 33.1 Å². The van der Waals surface area contributed by atoms with Crippen molar-refractivity contribution in [3.05, 3.63) is 47.9 Å². The van der Waals surface area contributed by atoms with Gasteiger partial charge in [-0.15, -0.1) is 0 Å². The van der Waals surface area contributed by atoms with Crippen LogP contribution in [0.5, 0.6) is 0 Å². The summed E-state index contributed by atoms with van der Waals surface area (Å²) in [6, 6.07) is 0. The lowest BCUT2D eigenvalue weighted by atomic mass is 10.0. The molecule has 0 radical (unpaired) electrons. The summed E-state index contributed by atoms with van der Waals surface area (Å²) in [5, 5.41) is 0. The van der Waals surface area contributed by atoms with Crippen LogP contribution in [0, 0.1) is 0 Å². The van der Waals surface area contributed by atoms with Gasteiger partial charge in [-0.05, 0) is 30.9 Å². The fraction of sp³-hybridized carbons (Fsp3) is 0.357. The smallest absolute Gasteiger partial charge is 0.248 e. The van der Waals surface area contributed by atoms with Crippen LogP contribution in [0.2, 0.25) is 0 Å². The average molecular weight is 237 g/mol. The van der Waals surface area contributed by atoms with Crippen molar-refractivity contribution in [2.24, 2.45) is 5.73 Å². The second-order valence-electron chi connectivity index (χ2n) is 3.59. The fourth-order valence-electron chi connectivity index (χ4n) is 1.39. The number of halogens is 1. The van der Waals surface area contributed by atoms with E-state index in [0.717, 1.165) is 0 Å². The molecule has 2 N–H and O–H groups in total. The Kier molecular flexibility index (Phi) is 7.68. The number of primary amides is 1. The van der Waals surface area contributed by atoms with Crippen LogP contribution in [0.25, 0.3) is 0 Å². The summed E-state index contributed by atoms with van der Waals surface area (Å²) < 4.78 is 13.4. The third-order valence-corrected chi connectivity index (χ3v) is 2.08. The Bertz CT molecular complexity index is 364. The monoisotopic (exact) mass is 237 g/mol. The van der Waals surface area contributed by atoms with Gasteiger partial charge >= 0.3 is 0 Å². The number of nitrogens with two attached hydrogens (primary N) is 1. The van der Waals surface area contributed by atoms with E-state index in [-0.39, 0.29) is 5.83 Å². The van der Waals surface area contributed by atoms with Gasteiger partial charge in [0, 0.05) is 5.57 Å². The van der Waals surface area contributed by atoms with Gasteiger partial charge in [-0.2, -0.15) is 0 Å². The molecule has 0 saturated carbocycles. The standard InChI is InChI=1S/C14H20FNO/c1-4-7-11(10-12(15)8-5-2)13(9-6-3)14(16)17/h4,7,9-10H,1,5-6,8H2,2-3H3,(H2,16,17)/b11-7+,12-10+,13-9+. The third kappa shape index (κ3) is 5.85. The molecule has 2 nitrogen and oxygen atoms in total. The SMILES string of the molecule is C=C/C=C(\C=C(\F)CCC)C(=C\CC)/C(N)=O. The molecule has 3 heteroatoms. The van der Waals surface area contributed by atoms with E-state index in [0.29, 0.717) is 30.4 Å². The van der Waals surface area contributed by atoms with Gasteiger partial charge in [0.25, 0.3) is 0 Å². The molecule has 1 amide bonds. The predicted molar refractivity (Wildman–Crippen MR) is 69.9 cm³/mol. The zero-order chi connectivity index (χ0) is 13.3. The molecule has 0 aromatic rings. The minimum absolute atomic E-state index is 0.260.